The maximum Gasteiger partial charge on any atom is 0.337 e. The summed E-state index contributed by atoms with van der Waals surface area (Å²) >= 11 is 0. The number of halogens is 1. The third kappa shape index (κ3) is 3.88. The number of amides is 1. The van der Waals surface area contributed by atoms with Crippen LogP contribution in [0, 0.1) is 5.82 Å². The first kappa shape index (κ1) is 20.7. The zero-order valence-electron chi connectivity index (χ0n) is 16.6. The lowest BCUT2D eigenvalue weighted by Crippen LogP contribution is -2.20. The van der Waals surface area contributed by atoms with Crippen LogP contribution >= 0.6 is 0 Å². The third-order valence-electron chi connectivity index (χ3n) is 4.45. The average molecular weight is 437 g/mol. The summed E-state index contributed by atoms with van der Waals surface area (Å²) in [6, 6.07) is 10.4. The molecule has 162 valence electrons. The molecule has 11 nitrogen and oxygen atoms in total. The Kier molecular flexibility index (Phi) is 5.33. The van der Waals surface area contributed by atoms with E-state index in [0.717, 1.165) is 0 Å². The minimum Gasteiger partial charge on any atom is -0.478 e. The number of fused-ring (bicyclic) bond motifs is 1. The Morgan fingerprint density at radius 3 is 2.62 bits per heavy atom. The van der Waals surface area contributed by atoms with Crippen molar-refractivity contribution in [2.75, 3.05) is 12.4 Å². The SMILES string of the molecule is COc1nc2c(C(=O)O)cccc2n1-c1nc(NCc2cccc(F)c2)nc(C(N)=O)n1. The first-order valence-corrected chi connectivity index (χ1v) is 9.20. The smallest absolute Gasteiger partial charge is 0.337 e. The van der Waals surface area contributed by atoms with Crippen LogP contribution < -0.4 is 15.8 Å². The summed E-state index contributed by atoms with van der Waals surface area (Å²) < 4.78 is 20.1. The highest BCUT2D eigenvalue weighted by molar-refractivity contribution is 6.01. The number of aromatic nitrogens is 5. The van der Waals surface area contributed by atoms with Gasteiger partial charge in [-0.15, -0.1) is 0 Å². The number of carboxylic acid groups (broad SMARTS) is 1. The highest BCUT2D eigenvalue weighted by Gasteiger charge is 2.22. The fraction of sp³-hybridized carbons (Fsp3) is 0.100. The van der Waals surface area contributed by atoms with Crippen LogP contribution in [-0.2, 0) is 6.54 Å². The monoisotopic (exact) mass is 437 g/mol. The van der Waals surface area contributed by atoms with Gasteiger partial charge in [-0.25, -0.2) is 13.8 Å². The van der Waals surface area contributed by atoms with Gasteiger partial charge in [0.2, 0.25) is 17.7 Å². The van der Waals surface area contributed by atoms with Gasteiger partial charge in [-0.3, -0.25) is 4.79 Å². The minimum absolute atomic E-state index is 0.00796. The van der Waals surface area contributed by atoms with E-state index in [4.69, 9.17) is 10.5 Å². The van der Waals surface area contributed by atoms with Gasteiger partial charge >= 0.3 is 12.0 Å². The number of aromatic carboxylic acids is 1. The van der Waals surface area contributed by atoms with Gasteiger partial charge in [-0.1, -0.05) is 18.2 Å². The number of benzene rings is 2. The number of ether oxygens (including phenoxy) is 1. The molecule has 0 saturated heterocycles. The van der Waals surface area contributed by atoms with E-state index in [1.165, 1.54) is 35.9 Å². The van der Waals surface area contributed by atoms with Crippen molar-refractivity contribution in [1.29, 1.82) is 0 Å². The molecule has 4 aromatic rings. The Labute approximate surface area is 179 Å². The number of primary amides is 1. The number of nitrogens with two attached hydrogens (primary N) is 1. The lowest BCUT2D eigenvalue weighted by Gasteiger charge is -2.10. The van der Waals surface area contributed by atoms with Crippen molar-refractivity contribution in [1.82, 2.24) is 24.5 Å². The molecule has 2 aromatic carbocycles. The summed E-state index contributed by atoms with van der Waals surface area (Å²) in [6.45, 7) is 0.157. The van der Waals surface area contributed by atoms with E-state index >= 15 is 0 Å². The van der Waals surface area contributed by atoms with Crippen LogP contribution in [0.4, 0.5) is 10.3 Å². The second kappa shape index (κ2) is 8.26. The number of hydrogen-bond acceptors (Lipinski definition) is 8. The summed E-state index contributed by atoms with van der Waals surface area (Å²) in [4.78, 5) is 40.0. The molecule has 0 radical (unpaired) electrons. The number of rotatable bonds is 7. The molecule has 32 heavy (non-hydrogen) atoms. The fourth-order valence-electron chi connectivity index (χ4n) is 3.06. The van der Waals surface area contributed by atoms with E-state index in [1.807, 2.05) is 0 Å². The molecule has 12 heteroatoms. The van der Waals surface area contributed by atoms with Gasteiger partial charge in [0.05, 0.1) is 18.2 Å². The predicted molar refractivity (Wildman–Crippen MR) is 110 cm³/mol. The van der Waals surface area contributed by atoms with Gasteiger partial charge < -0.3 is 20.9 Å². The number of carbonyl (C=O) groups is 2. The van der Waals surface area contributed by atoms with Crippen molar-refractivity contribution in [3.63, 3.8) is 0 Å². The van der Waals surface area contributed by atoms with Gasteiger partial charge in [0.1, 0.15) is 11.3 Å². The quantitative estimate of drug-likeness (QED) is 0.392. The summed E-state index contributed by atoms with van der Waals surface area (Å²) in [5.41, 5.74) is 6.42. The van der Waals surface area contributed by atoms with Crippen molar-refractivity contribution >= 4 is 28.9 Å². The predicted octanol–water partition coefficient (Wildman–Crippen LogP) is 1.77. The second-order valence-corrected chi connectivity index (χ2v) is 6.54. The number of nitrogens with one attached hydrogen (secondary N) is 1. The van der Waals surface area contributed by atoms with Crippen molar-refractivity contribution < 1.29 is 23.8 Å². The van der Waals surface area contributed by atoms with Gasteiger partial charge in [0.25, 0.3) is 5.91 Å². The third-order valence-corrected chi connectivity index (χ3v) is 4.45. The van der Waals surface area contributed by atoms with E-state index in [-0.39, 0.29) is 41.4 Å². The molecular formula is C20H16FN7O4. The van der Waals surface area contributed by atoms with Gasteiger partial charge in [-0.05, 0) is 29.8 Å². The van der Waals surface area contributed by atoms with E-state index in [1.54, 1.807) is 18.2 Å². The van der Waals surface area contributed by atoms with Crippen molar-refractivity contribution in [2.45, 2.75) is 6.54 Å². The molecule has 4 N–H and O–H groups in total. The van der Waals surface area contributed by atoms with E-state index in [2.05, 4.69) is 25.3 Å². The number of carboxylic acids is 1. The molecular weight excluding hydrogens is 421 g/mol. The topological polar surface area (TPSA) is 158 Å². The molecule has 0 aliphatic carbocycles. The molecule has 1 amide bonds. The fourth-order valence-corrected chi connectivity index (χ4v) is 3.06. The number of carbonyl (C=O) groups excluding carboxylic acids is 1. The number of para-hydroxylation sites is 1. The summed E-state index contributed by atoms with van der Waals surface area (Å²) in [5.74, 6) is -2.90. The van der Waals surface area contributed by atoms with Gasteiger partial charge in [0, 0.05) is 6.54 Å². The van der Waals surface area contributed by atoms with Crippen LogP contribution in [-0.4, -0.2) is 48.6 Å². The first-order chi connectivity index (χ1) is 15.4. The summed E-state index contributed by atoms with van der Waals surface area (Å²) in [6.07, 6.45) is 0. The molecule has 0 bridgehead atoms. The van der Waals surface area contributed by atoms with Crippen molar-refractivity contribution in [3.8, 4) is 12.0 Å². The largest absolute Gasteiger partial charge is 0.478 e. The van der Waals surface area contributed by atoms with Crippen LogP contribution in [0.5, 0.6) is 6.01 Å². The molecule has 0 unspecified atom stereocenters. The Balaban J connectivity index is 1.83. The van der Waals surface area contributed by atoms with Crippen molar-refractivity contribution in [2.24, 2.45) is 5.73 Å². The van der Waals surface area contributed by atoms with Gasteiger partial charge in [-0.2, -0.15) is 19.9 Å². The standard InChI is InChI=1S/C20H16FN7O4/c1-32-20-24-14-12(17(30)31)6-3-7-13(14)28(20)19-26-16(15(22)29)25-18(27-19)23-9-10-4-2-5-11(21)8-10/h2-8H,9H2,1H3,(H2,22,29)(H,30,31)(H,23,25,26,27). The Morgan fingerprint density at radius 1 is 1.16 bits per heavy atom. The minimum atomic E-state index is -1.17. The number of nitrogens with zero attached hydrogens (tertiary/aromatic N) is 5. The molecule has 2 heterocycles. The number of imidazole rings is 1. The molecule has 0 aliphatic heterocycles. The Morgan fingerprint density at radius 2 is 1.94 bits per heavy atom. The molecule has 4 rings (SSSR count). The summed E-state index contributed by atoms with van der Waals surface area (Å²) in [5, 5.41) is 12.4. The van der Waals surface area contributed by atoms with E-state index in [0.29, 0.717) is 11.1 Å². The van der Waals surface area contributed by atoms with E-state index in [9.17, 15) is 19.1 Å². The zero-order valence-corrected chi connectivity index (χ0v) is 16.6. The van der Waals surface area contributed by atoms with E-state index < -0.39 is 17.7 Å². The molecule has 0 aliphatic rings. The van der Waals surface area contributed by atoms with Crippen LogP contribution in [0.15, 0.2) is 42.5 Å². The van der Waals surface area contributed by atoms with Crippen LogP contribution in [0.25, 0.3) is 17.0 Å². The average Bonchev–Trinajstić information content (AvgIpc) is 3.16. The molecule has 2 aromatic heterocycles. The number of anilines is 1. The molecule has 0 fully saturated rings. The highest BCUT2D eigenvalue weighted by atomic mass is 19.1. The zero-order chi connectivity index (χ0) is 22.8. The van der Waals surface area contributed by atoms with Crippen molar-refractivity contribution in [3.05, 3.63) is 65.2 Å². The van der Waals surface area contributed by atoms with Gasteiger partial charge in [0.15, 0.2) is 0 Å². The molecule has 0 atom stereocenters. The first-order valence-electron chi connectivity index (χ1n) is 9.20. The second-order valence-electron chi connectivity index (χ2n) is 6.54. The molecule has 0 spiro atoms. The number of methoxy groups -OCH3 is 1. The Bertz CT molecular complexity index is 1360. The highest BCUT2D eigenvalue weighted by Crippen LogP contribution is 2.27. The Hall–Kier alpha value is -4.61. The maximum atomic E-state index is 13.4. The van der Waals surface area contributed by atoms with Crippen LogP contribution in [0.2, 0.25) is 0 Å². The lowest BCUT2D eigenvalue weighted by molar-refractivity contribution is 0.0698. The normalized spacial score (nSPS) is 10.8. The lowest BCUT2D eigenvalue weighted by atomic mass is 10.2. The number of hydrogen-bond donors (Lipinski definition) is 3. The van der Waals surface area contributed by atoms with Crippen LogP contribution in [0.3, 0.4) is 0 Å². The maximum absolute atomic E-state index is 13.4. The molecule has 0 saturated carbocycles. The van der Waals surface area contributed by atoms with Crippen LogP contribution in [0.1, 0.15) is 26.5 Å². The summed E-state index contributed by atoms with van der Waals surface area (Å²) in [7, 11) is 1.34.